The number of hydrogen-bond donors (Lipinski definition) is 0. The lowest BCUT2D eigenvalue weighted by Crippen LogP contribution is -2.29. The average molecular weight is 569 g/mol. The lowest BCUT2D eigenvalue weighted by Gasteiger charge is -2.31. The smallest absolute Gasteiger partial charge is 0.137 e. The Morgan fingerprint density at radius 1 is 1.00 bits per heavy atom. The van der Waals surface area contributed by atoms with Crippen LogP contribution in [-0.4, -0.2) is 51.5 Å². The molecule has 0 N–H and O–H groups in total. The van der Waals surface area contributed by atoms with Crippen molar-refractivity contribution in [2.45, 2.75) is 59.1 Å². The van der Waals surface area contributed by atoms with E-state index in [0.29, 0.717) is 5.25 Å². The minimum atomic E-state index is -0.396. The Morgan fingerprint density at radius 2 is 1.83 bits per heavy atom. The van der Waals surface area contributed by atoms with E-state index in [1.807, 2.05) is 68.0 Å². The average Bonchev–Trinajstić information content (AvgIpc) is 3.67. The highest BCUT2D eigenvalue weighted by Gasteiger charge is 2.46. The first-order chi connectivity index (χ1) is 17.0. The van der Waals surface area contributed by atoms with Crippen LogP contribution in [0.25, 0.3) is 10.4 Å². The zero-order valence-corrected chi connectivity index (χ0v) is 24.9. The molecule has 0 spiro atoms. The third-order valence-electron chi connectivity index (χ3n) is 7.08. The van der Waals surface area contributed by atoms with Crippen molar-refractivity contribution in [1.29, 1.82) is 0 Å². The van der Waals surface area contributed by atoms with Crippen molar-refractivity contribution >= 4 is 58.0 Å². The summed E-state index contributed by atoms with van der Waals surface area (Å²) in [6.45, 7) is 4.51. The maximum absolute atomic E-state index is 6.15. The van der Waals surface area contributed by atoms with Crippen LogP contribution in [0.3, 0.4) is 0 Å². The summed E-state index contributed by atoms with van der Waals surface area (Å²) in [7, 11) is 7.26. The van der Waals surface area contributed by atoms with Crippen molar-refractivity contribution < 1.29 is 18.9 Å². The molecule has 2 aromatic heterocycles. The van der Waals surface area contributed by atoms with E-state index in [4.69, 9.17) is 18.9 Å². The van der Waals surface area contributed by atoms with Crippen LogP contribution in [0.2, 0.25) is 0 Å². The Hall–Kier alpha value is -0.390. The Morgan fingerprint density at radius 3 is 2.54 bits per heavy atom. The highest BCUT2D eigenvalue weighted by atomic mass is 32.2. The van der Waals surface area contributed by atoms with Crippen LogP contribution in [-0.2, 0) is 14.2 Å². The van der Waals surface area contributed by atoms with Crippen LogP contribution in [0.15, 0.2) is 34.4 Å². The maximum Gasteiger partial charge on any atom is 0.137 e. The number of ether oxygens (including phenoxy) is 4. The van der Waals surface area contributed by atoms with E-state index in [9.17, 15) is 0 Å². The lowest BCUT2D eigenvalue weighted by atomic mass is 9.90. The predicted octanol–water partition coefficient (Wildman–Crippen LogP) is 8.09. The van der Waals surface area contributed by atoms with Gasteiger partial charge in [-0.3, -0.25) is 0 Å². The van der Waals surface area contributed by atoms with Crippen molar-refractivity contribution in [1.82, 2.24) is 0 Å². The van der Waals surface area contributed by atoms with Gasteiger partial charge in [-0.25, -0.2) is 0 Å². The summed E-state index contributed by atoms with van der Waals surface area (Å²) in [6, 6.07) is 2.09. The van der Waals surface area contributed by atoms with E-state index in [-0.39, 0.29) is 28.0 Å². The molecule has 0 aromatic carbocycles. The molecule has 5 heterocycles. The molecule has 35 heavy (non-hydrogen) atoms. The fourth-order valence-electron chi connectivity index (χ4n) is 5.13. The summed E-state index contributed by atoms with van der Waals surface area (Å²) in [5.74, 6) is 0.933. The Balaban J connectivity index is 1.78. The molecule has 2 aromatic rings. The zero-order chi connectivity index (χ0) is 24.7. The van der Waals surface area contributed by atoms with Crippen LogP contribution in [0.5, 0.6) is 5.75 Å². The molecule has 0 saturated carbocycles. The number of rotatable bonds is 8. The number of hydrogen-bond acceptors (Lipinski definition) is 9. The van der Waals surface area contributed by atoms with Gasteiger partial charge < -0.3 is 18.9 Å². The van der Waals surface area contributed by atoms with Gasteiger partial charge in [-0.2, -0.15) is 0 Å². The zero-order valence-electron chi connectivity index (χ0n) is 20.8. The van der Waals surface area contributed by atoms with Crippen molar-refractivity contribution in [3.63, 3.8) is 0 Å². The monoisotopic (exact) mass is 568 g/mol. The van der Waals surface area contributed by atoms with Gasteiger partial charge in [0.25, 0.3) is 0 Å². The van der Waals surface area contributed by atoms with Gasteiger partial charge in [0.05, 0.1) is 39.9 Å². The van der Waals surface area contributed by atoms with E-state index in [1.54, 1.807) is 18.4 Å². The topological polar surface area (TPSA) is 36.9 Å². The molecule has 0 aliphatic carbocycles. The van der Waals surface area contributed by atoms with Gasteiger partial charge in [-0.05, 0) is 53.3 Å². The fraction of sp³-hybridized carbons (Fsp3) is 0.538. The Labute approximate surface area is 229 Å². The minimum absolute atomic E-state index is 0.0462. The molecule has 0 amide bonds. The molecular weight excluding hydrogens is 537 g/mol. The minimum Gasteiger partial charge on any atom is -0.495 e. The van der Waals surface area contributed by atoms with Crippen molar-refractivity contribution in [2.24, 2.45) is 0 Å². The molecular formula is C26H32O4S5. The molecule has 190 valence electrons. The molecule has 0 radical (unpaired) electrons. The molecule has 4 nitrogen and oxygen atoms in total. The summed E-state index contributed by atoms with van der Waals surface area (Å²) < 4.78 is 24.0. The predicted molar refractivity (Wildman–Crippen MR) is 155 cm³/mol. The second-order valence-corrected chi connectivity index (χ2v) is 14.8. The number of thiophene rings is 2. The third-order valence-corrected chi connectivity index (χ3v) is 13.5. The van der Waals surface area contributed by atoms with Gasteiger partial charge in [0.1, 0.15) is 11.4 Å². The fourth-order valence-corrected chi connectivity index (χ4v) is 12.0. The molecule has 7 atom stereocenters. The van der Waals surface area contributed by atoms with Gasteiger partial charge in [-0.15, -0.1) is 58.0 Å². The summed E-state index contributed by atoms with van der Waals surface area (Å²) in [5.41, 5.74) is 2.29. The highest BCUT2D eigenvalue weighted by molar-refractivity contribution is 8.03. The van der Waals surface area contributed by atoms with Crippen LogP contribution in [0, 0.1) is 0 Å². The first kappa shape index (κ1) is 26.2. The summed E-state index contributed by atoms with van der Waals surface area (Å²) in [6.07, 6.45) is 5.69. The molecule has 3 aliphatic heterocycles. The molecule has 9 heteroatoms. The van der Waals surface area contributed by atoms with Crippen molar-refractivity contribution in [2.75, 3.05) is 28.4 Å². The lowest BCUT2D eigenvalue weighted by molar-refractivity contribution is 0.0487. The van der Waals surface area contributed by atoms with Gasteiger partial charge in [0.2, 0.25) is 0 Å². The summed E-state index contributed by atoms with van der Waals surface area (Å²) in [5, 5.41) is 7.71. The van der Waals surface area contributed by atoms with Gasteiger partial charge in [0.15, 0.2) is 0 Å². The van der Waals surface area contributed by atoms with E-state index < -0.39 is 5.60 Å². The Bertz CT molecular complexity index is 1110. The van der Waals surface area contributed by atoms with Crippen LogP contribution in [0.1, 0.15) is 51.3 Å². The standard InChI is InChI=1S/C26H32O4S5/c1-14-13-17(29-5)22(34-14)23-18(20-15(27-3)7-10-31-20)19(25-26(2,30-6)9-12-33-25)24(35-23)21-16(28-4)8-11-32-21/h7-12,14,16-17,21-22,25H,13H2,1-6H3. The summed E-state index contributed by atoms with van der Waals surface area (Å²) in [4.78, 5) is 3.97. The SMILES string of the molecule is COc1ccsc1-c1c(C2SC(C)CC2OC)sc(C2SC=CC2OC)c1C1SC=CC1(C)OC. The van der Waals surface area contributed by atoms with Gasteiger partial charge >= 0.3 is 0 Å². The summed E-state index contributed by atoms with van der Waals surface area (Å²) >= 11 is 9.46. The van der Waals surface area contributed by atoms with Crippen LogP contribution in [0.4, 0.5) is 0 Å². The molecule has 7 unspecified atom stereocenters. The van der Waals surface area contributed by atoms with Crippen LogP contribution < -0.4 is 4.74 Å². The quantitative estimate of drug-likeness (QED) is 0.318. The molecule has 1 fully saturated rings. The van der Waals surface area contributed by atoms with E-state index >= 15 is 0 Å². The number of methoxy groups -OCH3 is 4. The van der Waals surface area contributed by atoms with E-state index in [2.05, 4.69) is 48.3 Å². The van der Waals surface area contributed by atoms with E-state index in [0.717, 1.165) is 12.2 Å². The Kier molecular flexibility index (Phi) is 8.07. The first-order valence-corrected chi connectivity index (χ1v) is 16.2. The van der Waals surface area contributed by atoms with Crippen molar-refractivity contribution in [3.8, 4) is 16.2 Å². The molecule has 1 saturated heterocycles. The first-order valence-electron chi connectivity index (χ1n) is 11.7. The molecule has 3 aliphatic rings. The normalized spacial score (nSPS) is 34.3. The second kappa shape index (κ2) is 10.8. The molecule has 5 rings (SSSR count). The van der Waals surface area contributed by atoms with Crippen LogP contribution >= 0.6 is 58.0 Å². The van der Waals surface area contributed by atoms with Gasteiger partial charge in [-0.1, -0.05) is 6.92 Å². The van der Waals surface area contributed by atoms with Gasteiger partial charge in [0, 0.05) is 41.9 Å². The largest absolute Gasteiger partial charge is 0.495 e. The second-order valence-electron chi connectivity index (χ2n) is 9.11. The maximum atomic E-state index is 6.15. The number of thioether (sulfide) groups is 3. The van der Waals surface area contributed by atoms with Crippen molar-refractivity contribution in [3.05, 3.63) is 49.7 Å². The third kappa shape index (κ3) is 4.58. The highest BCUT2D eigenvalue weighted by Crippen LogP contribution is 2.62. The van der Waals surface area contributed by atoms with E-state index in [1.165, 1.54) is 25.8 Å². The molecule has 0 bridgehead atoms.